The molecule has 2 aromatic rings. The Labute approximate surface area is 112 Å². The Balaban J connectivity index is 1.55. The van der Waals surface area contributed by atoms with Crippen LogP contribution in [-0.2, 0) is 6.54 Å². The molecule has 3 heterocycles. The van der Waals surface area contributed by atoms with Crippen LogP contribution in [0.3, 0.4) is 0 Å². The number of hydrogen-bond acceptors (Lipinski definition) is 5. The smallest absolute Gasteiger partial charge is 0.150 e. The fourth-order valence-corrected chi connectivity index (χ4v) is 2.64. The van der Waals surface area contributed by atoms with Crippen LogP contribution in [0.5, 0.6) is 0 Å². The number of aromatic nitrogens is 3. The van der Waals surface area contributed by atoms with E-state index in [0.717, 1.165) is 43.9 Å². The number of likely N-dealkylation sites (tertiary alicyclic amines) is 1. The van der Waals surface area contributed by atoms with Crippen LogP contribution in [0.25, 0.3) is 0 Å². The molecule has 2 aromatic heterocycles. The van der Waals surface area contributed by atoms with E-state index in [-0.39, 0.29) is 0 Å². The number of hydrogen-bond donors (Lipinski definition) is 0. The van der Waals surface area contributed by atoms with E-state index in [1.165, 1.54) is 5.69 Å². The summed E-state index contributed by atoms with van der Waals surface area (Å²) in [6.07, 6.45) is 5.75. The van der Waals surface area contributed by atoms with Crippen LogP contribution in [0.15, 0.2) is 29.2 Å². The minimum absolute atomic E-state index is 0.565. The van der Waals surface area contributed by atoms with Gasteiger partial charge in [-0.2, -0.15) is 0 Å². The first-order valence-corrected chi connectivity index (χ1v) is 6.72. The second-order valence-electron chi connectivity index (χ2n) is 5.12. The van der Waals surface area contributed by atoms with Crippen molar-refractivity contribution >= 4 is 0 Å². The Morgan fingerprint density at radius 2 is 2.21 bits per heavy atom. The Hall–Kier alpha value is -1.75. The largest absolute Gasteiger partial charge is 0.360 e. The lowest BCUT2D eigenvalue weighted by molar-refractivity contribution is 0.183. The van der Waals surface area contributed by atoms with E-state index in [1.54, 1.807) is 6.33 Å². The molecule has 0 aliphatic carbocycles. The highest BCUT2D eigenvalue weighted by Gasteiger charge is 2.22. The lowest BCUT2D eigenvalue weighted by atomic mass is 9.93. The van der Waals surface area contributed by atoms with Crippen molar-refractivity contribution in [3.05, 3.63) is 41.8 Å². The summed E-state index contributed by atoms with van der Waals surface area (Å²) in [5.41, 5.74) is 2.12. The zero-order valence-electron chi connectivity index (χ0n) is 11.1. The van der Waals surface area contributed by atoms with Gasteiger partial charge >= 0.3 is 0 Å². The first kappa shape index (κ1) is 12.3. The van der Waals surface area contributed by atoms with Gasteiger partial charge in [0.15, 0.2) is 5.76 Å². The van der Waals surface area contributed by atoms with Crippen molar-refractivity contribution in [1.82, 2.24) is 20.0 Å². The molecule has 3 rings (SSSR count). The third kappa shape index (κ3) is 2.98. The fraction of sp³-hybridized carbons (Fsp3) is 0.500. The first-order chi connectivity index (χ1) is 9.31. The molecule has 0 unspecified atom stereocenters. The summed E-state index contributed by atoms with van der Waals surface area (Å²) >= 11 is 0. The molecule has 0 N–H and O–H groups in total. The van der Waals surface area contributed by atoms with E-state index in [9.17, 15) is 0 Å². The third-order valence-electron chi connectivity index (χ3n) is 3.67. The van der Waals surface area contributed by atoms with Crippen molar-refractivity contribution in [2.45, 2.75) is 32.2 Å². The molecule has 0 saturated carbocycles. The van der Waals surface area contributed by atoms with Gasteiger partial charge < -0.3 is 4.52 Å². The molecule has 19 heavy (non-hydrogen) atoms. The van der Waals surface area contributed by atoms with Gasteiger partial charge in [-0.05, 0) is 38.9 Å². The van der Waals surface area contributed by atoms with Crippen molar-refractivity contribution in [1.29, 1.82) is 0 Å². The minimum atomic E-state index is 0.565. The molecule has 100 valence electrons. The summed E-state index contributed by atoms with van der Waals surface area (Å²) in [5.74, 6) is 1.52. The van der Waals surface area contributed by atoms with Gasteiger partial charge in [-0.3, -0.25) is 4.90 Å². The quantitative estimate of drug-likeness (QED) is 0.844. The van der Waals surface area contributed by atoms with Crippen molar-refractivity contribution in [2.75, 3.05) is 13.1 Å². The van der Waals surface area contributed by atoms with E-state index in [1.807, 2.05) is 25.3 Å². The van der Waals surface area contributed by atoms with Gasteiger partial charge in [-0.25, -0.2) is 9.97 Å². The normalized spacial score (nSPS) is 17.7. The molecular weight excluding hydrogens is 240 g/mol. The van der Waals surface area contributed by atoms with Crippen LogP contribution in [0.1, 0.15) is 35.9 Å². The lowest BCUT2D eigenvalue weighted by Crippen LogP contribution is -2.32. The van der Waals surface area contributed by atoms with Crippen LogP contribution >= 0.6 is 0 Å². The zero-order chi connectivity index (χ0) is 13.1. The first-order valence-electron chi connectivity index (χ1n) is 6.72. The molecule has 1 fully saturated rings. The summed E-state index contributed by atoms with van der Waals surface area (Å²) in [4.78, 5) is 10.7. The van der Waals surface area contributed by atoms with Gasteiger partial charge in [-0.1, -0.05) is 5.16 Å². The number of aryl methyl sites for hydroxylation is 1. The fourth-order valence-electron chi connectivity index (χ4n) is 2.64. The molecule has 0 amide bonds. The molecule has 1 saturated heterocycles. The Kier molecular flexibility index (Phi) is 3.55. The lowest BCUT2D eigenvalue weighted by Gasteiger charge is -2.30. The average Bonchev–Trinajstić information content (AvgIpc) is 2.86. The highest BCUT2D eigenvalue weighted by Crippen LogP contribution is 2.26. The Bertz CT molecular complexity index is 517. The summed E-state index contributed by atoms with van der Waals surface area (Å²) in [6.45, 7) is 4.97. The molecule has 1 aliphatic heterocycles. The number of piperidine rings is 1. The Morgan fingerprint density at radius 3 is 2.84 bits per heavy atom. The summed E-state index contributed by atoms with van der Waals surface area (Å²) in [6, 6.07) is 4.04. The van der Waals surface area contributed by atoms with Crippen LogP contribution in [-0.4, -0.2) is 33.1 Å². The van der Waals surface area contributed by atoms with Crippen molar-refractivity contribution in [3.63, 3.8) is 0 Å². The maximum Gasteiger partial charge on any atom is 0.150 e. The average molecular weight is 258 g/mol. The number of nitrogens with zero attached hydrogens (tertiary/aromatic N) is 4. The standard InChI is InChI=1S/C14H18N4O/c1-11-8-13(19-17-11)9-18-6-3-12(4-7-18)14-2-5-15-10-16-14/h2,5,8,10,12H,3-4,6-7,9H2,1H3. The van der Waals surface area contributed by atoms with Gasteiger partial charge in [0.25, 0.3) is 0 Å². The van der Waals surface area contributed by atoms with Gasteiger partial charge in [0, 0.05) is 23.9 Å². The van der Waals surface area contributed by atoms with E-state index in [4.69, 9.17) is 4.52 Å². The second kappa shape index (κ2) is 5.48. The van der Waals surface area contributed by atoms with Crippen LogP contribution in [0.4, 0.5) is 0 Å². The summed E-state index contributed by atoms with van der Waals surface area (Å²) in [5, 5.41) is 3.93. The van der Waals surface area contributed by atoms with Crippen molar-refractivity contribution in [2.24, 2.45) is 0 Å². The zero-order valence-corrected chi connectivity index (χ0v) is 11.1. The Morgan fingerprint density at radius 1 is 1.37 bits per heavy atom. The predicted molar refractivity (Wildman–Crippen MR) is 70.5 cm³/mol. The molecule has 0 aromatic carbocycles. The predicted octanol–water partition coefficient (Wildman–Crippen LogP) is 2.15. The highest BCUT2D eigenvalue weighted by molar-refractivity contribution is 5.08. The molecular formula is C14H18N4O. The molecule has 0 atom stereocenters. The molecule has 0 radical (unpaired) electrons. The van der Waals surface area contributed by atoms with Crippen molar-refractivity contribution < 1.29 is 4.52 Å². The van der Waals surface area contributed by atoms with Crippen LogP contribution < -0.4 is 0 Å². The van der Waals surface area contributed by atoms with Crippen LogP contribution in [0, 0.1) is 6.92 Å². The summed E-state index contributed by atoms with van der Waals surface area (Å²) in [7, 11) is 0. The third-order valence-corrected chi connectivity index (χ3v) is 3.67. The molecule has 5 heteroatoms. The van der Waals surface area contributed by atoms with Crippen LogP contribution in [0.2, 0.25) is 0 Å². The van der Waals surface area contributed by atoms with E-state index >= 15 is 0 Å². The molecule has 1 aliphatic rings. The summed E-state index contributed by atoms with van der Waals surface area (Å²) < 4.78 is 5.27. The SMILES string of the molecule is Cc1cc(CN2CCC(c3ccncn3)CC2)on1. The van der Waals surface area contributed by atoms with Gasteiger partial charge in [-0.15, -0.1) is 0 Å². The number of rotatable bonds is 3. The molecule has 0 bridgehead atoms. The molecule has 0 spiro atoms. The van der Waals surface area contributed by atoms with E-state index in [0.29, 0.717) is 5.92 Å². The van der Waals surface area contributed by atoms with Gasteiger partial charge in [0.1, 0.15) is 6.33 Å². The minimum Gasteiger partial charge on any atom is -0.360 e. The van der Waals surface area contributed by atoms with Gasteiger partial charge in [0.05, 0.1) is 12.2 Å². The van der Waals surface area contributed by atoms with E-state index < -0.39 is 0 Å². The topological polar surface area (TPSA) is 55.1 Å². The maximum absolute atomic E-state index is 5.27. The second-order valence-corrected chi connectivity index (χ2v) is 5.12. The maximum atomic E-state index is 5.27. The molecule has 5 nitrogen and oxygen atoms in total. The highest BCUT2D eigenvalue weighted by atomic mass is 16.5. The van der Waals surface area contributed by atoms with Crippen molar-refractivity contribution in [3.8, 4) is 0 Å². The van der Waals surface area contributed by atoms with E-state index in [2.05, 4.69) is 20.0 Å². The van der Waals surface area contributed by atoms with Gasteiger partial charge in [0.2, 0.25) is 0 Å². The monoisotopic (exact) mass is 258 g/mol.